The highest BCUT2D eigenvalue weighted by molar-refractivity contribution is 7.89. The van der Waals surface area contributed by atoms with Crippen LogP contribution in [0.1, 0.15) is 46.1 Å². The molecule has 1 aromatic heterocycles. The number of aromatic nitrogens is 1. The van der Waals surface area contributed by atoms with Gasteiger partial charge in [-0.15, -0.1) is 11.3 Å². The molecule has 0 aliphatic heterocycles. The van der Waals surface area contributed by atoms with Crippen molar-refractivity contribution in [3.05, 3.63) is 76.3 Å². The van der Waals surface area contributed by atoms with E-state index in [1.54, 1.807) is 12.1 Å². The monoisotopic (exact) mass is 427 g/mol. The lowest BCUT2D eigenvalue weighted by molar-refractivity contribution is 0.102. The van der Waals surface area contributed by atoms with Gasteiger partial charge >= 0.3 is 0 Å². The molecular weight excluding hydrogens is 406 g/mol. The van der Waals surface area contributed by atoms with Crippen molar-refractivity contribution in [3.63, 3.8) is 0 Å². The largest absolute Gasteiger partial charge is 0.298 e. The van der Waals surface area contributed by atoms with E-state index < -0.39 is 10.0 Å². The quantitative estimate of drug-likeness (QED) is 0.643. The molecule has 0 saturated carbocycles. The summed E-state index contributed by atoms with van der Waals surface area (Å²) in [6.07, 6.45) is 2.64. The summed E-state index contributed by atoms with van der Waals surface area (Å²) in [7, 11) is -3.77. The Morgan fingerprint density at radius 1 is 1.17 bits per heavy atom. The fourth-order valence-electron chi connectivity index (χ4n) is 3.52. The molecule has 1 aliphatic rings. The van der Waals surface area contributed by atoms with Crippen molar-refractivity contribution in [2.75, 3.05) is 5.32 Å². The molecule has 0 radical (unpaired) electrons. The van der Waals surface area contributed by atoms with Gasteiger partial charge < -0.3 is 0 Å². The summed E-state index contributed by atoms with van der Waals surface area (Å²) in [6, 6.07) is 13.7. The maximum Gasteiger partial charge on any atom is 0.257 e. The Hall–Kier alpha value is -2.55. The van der Waals surface area contributed by atoms with Gasteiger partial charge in [0.15, 0.2) is 5.13 Å². The third-order valence-corrected chi connectivity index (χ3v) is 7.26. The fourth-order valence-corrected chi connectivity index (χ4v) is 5.50. The second kappa shape index (κ2) is 8.06. The van der Waals surface area contributed by atoms with Crippen molar-refractivity contribution in [1.82, 2.24) is 9.71 Å². The van der Waals surface area contributed by atoms with E-state index in [-0.39, 0.29) is 22.4 Å². The summed E-state index contributed by atoms with van der Waals surface area (Å²) in [6.45, 7) is 1.84. The Kier molecular flexibility index (Phi) is 5.49. The highest BCUT2D eigenvalue weighted by Crippen LogP contribution is 2.31. The number of carbonyl (C=O) groups excluding carboxylic acids is 1. The summed E-state index contributed by atoms with van der Waals surface area (Å²) in [5.74, 6) is -0.389. The molecule has 0 spiro atoms. The number of hydrogen-bond acceptors (Lipinski definition) is 5. The van der Waals surface area contributed by atoms with Gasteiger partial charge in [-0.05, 0) is 55.5 Å². The number of carbonyl (C=O) groups is 1. The maximum absolute atomic E-state index is 13.0. The van der Waals surface area contributed by atoms with Crippen LogP contribution >= 0.6 is 11.3 Å². The number of nitrogens with one attached hydrogen (secondary N) is 2. The molecule has 8 heteroatoms. The van der Waals surface area contributed by atoms with Crippen LogP contribution in [0.5, 0.6) is 0 Å². The van der Waals surface area contributed by atoms with Crippen LogP contribution in [0.2, 0.25) is 0 Å². The van der Waals surface area contributed by atoms with E-state index in [4.69, 9.17) is 0 Å². The zero-order chi connectivity index (χ0) is 20.4. The van der Waals surface area contributed by atoms with Crippen molar-refractivity contribution in [3.8, 4) is 0 Å². The molecule has 1 heterocycles. The van der Waals surface area contributed by atoms with Gasteiger partial charge in [0.2, 0.25) is 10.0 Å². The Labute approximate surface area is 174 Å². The first kappa shape index (κ1) is 19.8. The van der Waals surface area contributed by atoms with E-state index in [0.29, 0.717) is 5.13 Å². The molecule has 4 rings (SSSR count). The summed E-state index contributed by atoms with van der Waals surface area (Å²) >= 11 is 1.33. The Bertz CT molecular complexity index is 1160. The summed E-state index contributed by atoms with van der Waals surface area (Å²) in [5, 5.41) is 5.03. The number of hydrogen-bond donors (Lipinski definition) is 2. The second-order valence-electron chi connectivity index (χ2n) is 7.04. The third kappa shape index (κ3) is 4.39. The molecule has 3 aromatic rings. The standard InChI is InChI=1S/C21H21N3O3S2/c1-14-13-28-21(22-14)23-20(25)16-8-4-9-17(12-16)29(26,27)24-19-11-5-7-15-6-2-3-10-18(15)19/h2-4,6,8-10,12-13,19,24H,5,7,11H2,1H3,(H,22,23,25)/t19-/m0/s1. The van der Waals surface area contributed by atoms with E-state index in [1.165, 1.54) is 29.0 Å². The minimum absolute atomic E-state index is 0.0727. The van der Waals surface area contributed by atoms with Crippen LogP contribution in [0, 0.1) is 6.92 Å². The number of rotatable bonds is 5. The molecule has 29 heavy (non-hydrogen) atoms. The third-order valence-electron chi connectivity index (χ3n) is 4.91. The second-order valence-corrected chi connectivity index (χ2v) is 9.61. The van der Waals surface area contributed by atoms with Crippen molar-refractivity contribution >= 4 is 32.4 Å². The molecule has 1 atom stereocenters. The number of fused-ring (bicyclic) bond motifs is 1. The smallest absolute Gasteiger partial charge is 0.257 e. The lowest BCUT2D eigenvalue weighted by Crippen LogP contribution is -2.31. The molecule has 0 bridgehead atoms. The zero-order valence-corrected chi connectivity index (χ0v) is 17.5. The molecule has 2 N–H and O–H groups in total. The van der Waals surface area contributed by atoms with Crippen molar-refractivity contribution in [1.29, 1.82) is 0 Å². The van der Waals surface area contributed by atoms with Crippen molar-refractivity contribution in [2.24, 2.45) is 0 Å². The number of nitrogens with zero attached hydrogens (tertiary/aromatic N) is 1. The van der Waals surface area contributed by atoms with Crippen LogP contribution < -0.4 is 10.0 Å². The van der Waals surface area contributed by atoms with E-state index in [9.17, 15) is 13.2 Å². The highest BCUT2D eigenvalue weighted by Gasteiger charge is 2.26. The highest BCUT2D eigenvalue weighted by atomic mass is 32.2. The summed E-state index contributed by atoms with van der Waals surface area (Å²) in [4.78, 5) is 16.8. The molecular formula is C21H21N3O3S2. The lowest BCUT2D eigenvalue weighted by Gasteiger charge is -2.26. The van der Waals surface area contributed by atoms with Crippen LogP contribution in [0.25, 0.3) is 0 Å². The average molecular weight is 428 g/mol. The van der Waals surface area contributed by atoms with Gasteiger partial charge in [-0.2, -0.15) is 0 Å². The summed E-state index contributed by atoms with van der Waals surface area (Å²) in [5.41, 5.74) is 3.29. The number of anilines is 1. The first-order valence-electron chi connectivity index (χ1n) is 9.36. The normalized spacial score (nSPS) is 16.2. The minimum Gasteiger partial charge on any atom is -0.298 e. The van der Waals surface area contributed by atoms with E-state index in [2.05, 4.69) is 15.0 Å². The number of sulfonamides is 1. The van der Waals surface area contributed by atoms with Gasteiger partial charge in [0, 0.05) is 17.0 Å². The first-order valence-corrected chi connectivity index (χ1v) is 11.7. The molecule has 0 unspecified atom stereocenters. The van der Waals surface area contributed by atoms with Crippen LogP contribution in [0.15, 0.2) is 58.8 Å². The predicted octanol–water partition coefficient (Wildman–Crippen LogP) is 4.06. The number of benzene rings is 2. The number of thiazole rings is 1. The fraction of sp³-hybridized carbons (Fsp3) is 0.238. The van der Waals surface area contributed by atoms with Gasteiger partial charge in [-0.3, -0.25) is 10.1 Å². The lowest BCUT2D eigenvalue weighted by atomic mass is 9.88. The Morgan fingerprint density at radius 2 is 2.00 bits per heavy atom. The number of aryl methyl sites for hydroxylation is 2. The van der Waals surface area contributed by atoms with E-state index in [0.717, 1.165) is 30.5 Å². The number of amides is 1. The molecule has 6 nitrogen and oxygen atoms in total. The molecule has 1 aliphatic carbocycles. The molecule has 0 fully saturated rings. The van der Waals surface area contributed by atoms with Crippen LogP contribution in [0.3, 0.4) is 0 Å². The van der Waals surface area contributed by atoms with Crippen molar-refractivity contribution in [2.45, 2.75) is 37.1 Å². The van der Waals surface area contributed by atoms with Gasteiger partial charge in [0.25, 0.3) is 5.91 Å². The van der Waals surface area contributed by atoms with Crippen molar-refractivity contribution < 1.29 is 13.2 Å². The minimum atomic E-state index is -3.77. The first-order chi connectivity index (χ1) is 13.9. The van der Waals surface area contributed by atoms with Gasteiger partial charge in [-0.1, -0.05) is 30.3 Å². The molecule has 150 valence electrons. The van der Waals surface area contributed by atoms with E-state index >= 15 is 0 Å². The molecule has 1 amide bonds. The van der Waals surface area contributed by atoms with Crippen LogP contribution in [0.4, 0.5) is 5.13 Å². The Morgan fingerprint density at radius 3 is 2.79 bits per heavy atom. The van der Waals surface area contributed by atoms with Gasteiger partial charge in [0.05, 0.1) is 10.6 Å². The molecule has 2 aromatic carbocycles. The van der Waals surface area contributed by atoms with Gasteiger partial charge in [-0.25, -0.2) is 18.1 Å². The summed E-state index contributed by atoms with van der Waals surface area (Å²) < 4.78 is 28.8. The predicted molar refractivity (Wildman–Crippen MR) is 114 cm³/mol. The van der Waals surface area contributed by atoms with Crippen LogP contribution in [-0.4, -0.2) is 19.3 Å². The van der Waals surface area contributed by atoms with E-state index in [1.807, 2.05) is 36.6 Å². The topological polar surface area (TPSA) is 88.2 Å². The zero-order valence-electron chi connectivity index (χ0n) is 15.9. The Balaban J connectivity index is 1.55. The molecule has 0 saturated heterocycles. The van der Waals surface area contributed by atoms with Crippen LogP contribution in [-0.2, 0) is 16.4 Å². The SMILES string of the molecule is Cc1csc(NC(=O)c2cccc(S(=O)(=O)N[C@H]3CCCc4ccccc43)c2)n1. The maximum atomic E-state index is 13.0. The average Bonchev–Trinajstić information content (AvgIpc) is 3.13. The van der Waals surface area contributed by atoms with Gasteiger partial charge in [0.1, 0.15) is 0 Å².